The van der Waals surface area contributed by atoms with Crippen LogP contribution in [0, 0.1) is 0 Å². The minimum Gasteiger partial charge on any atom is -0.254 e. The summed E-state index contributed by atoms with van der Waals surface area (Å²) in [6.45, 7) is 0. The lowest BCUT2D eigenvalue weighted by Crippen LogP contribution is -1.94. The van der Waals surface area contributed by atoms with Crippen LogP contribution in [0.2, 0.25) is 0 Å². The van der Waals surface area contributed by atoms with Crippen LogP contribution in [0.1, 0.15) is 0 Å². The van der Waals surface area contributed by atoms with Gasteiger partial charge in [-0.3, -0.25) is 4.98 Å². The SMILES string of the molecule is c1ccc2c(c1)ccc1ccc(-c3c4ccccc4c(-c4ccc5ccc6cccnc6c5n4)c4c3ccc3ccccc34)cc12. The van der Waals surface area contributed by atoms with Crippen molar-refractivity contribution >= 4 is 75.7 Å². The van der Waals surface area contributed by atoms with Gasteiger partial charge in [0.2, 0.25) is 0 Å². The molecule has 2 aromatic heterocycles. The van der Waals surface area contributed by atoms with Gasteiger partial charge >= 0.3 is 0 Å². The first-order chi connectivity index (χ1) is 22.8. The molecule has 0 spiro atoms. The van der Waals surface area contributed by atoms with E-state index in [2.05, 4.69) is 146 Å². The summed E-state index contributed by atoms with van der Waals surface area (Å²) in [5.74, 6) is 0. The zero-order valence-electron chi connectivity index (χ0n) is 24.9. The number of benzene rings is 8. The van der Waals surface area contributed by atoms with Crippen molar-refractivity contribution in [2.45, 2.75) is 0 Å². The Balaban J connectivity index is 1.37. The summed E-state index contributed by atoms with van der Waals surface area (Å²) in [5, 5.41) is 14.6. The Morgan fingerprint density at radius 1 is 0.348 bits per heavy atom. The van der Waals surface area contributed by atoms with E-state index < -0.39 is 0 Å². The van der Waals surface area contributed by atoms with Crippen molar-refractivity contribution in [2.24, 2.45) is 0 Å². The number of rotatable bonds is 2. The van der Waals surface area contributed by atoms with Gasteiger partial charge in [-0.2, -0.15) is 0 Å². The molecule has 10 rings (SSSR count). The van der Waals surface area contributed by atoms with E-state index in [1.165, 1.54) is 65.0 Å². The van der Waals surface area contributed by atoms with Crippen molar-refractivity contribution < 1.29 is 0 Å². The summed E-state index contributed by atoms with van der Waals surface area (Å²) in [7, 11) is 0. The molecular formula is C44H26N2. The van der Waals surface area contributed by atoms with Crippen molar-refractivity contribution in [2.75, 3.05) is 0 Å². The first kappa shape index (κ1) is 25.2. The third-order valence-corrected chi connectivity index (χ3v) is 9.64. The molecule has 0 bridgehead atoms. The maximum atomic E-state index is 5.40. The van der Waals surface area contributed by atoms with E-state index >= 15 is 0 Å². The van der Waals surface area contributed by atoms with Gasteiger partial charge in [0, 0.05) is 27.9 Å². The summed E-state index contributed by atoms with van der Waals surface area (Å²) in [5.41, 5.74) is 6.45. The Bertz CT molecular complexity index is 2870. The number of fused-ring (bicyclic) bond motifs is 10. The highest BCUT2D eigenvalue weighted by atomic mass is 14.8. The first-order valence-electron chi connectivity index (χ1n) is 15.7. The van der Waals surface area contributed by atoms with Crippen LogP contribution in [0.4, 0.5) is 0 Å². The monoisotopic (exact) mass is 582 g/mol. The molecule has 0 unspecified atom stereocenters. The lowest BCUT2D eigenvalue weighted by molar-refractivity contribution is 1.38. The third-order valence-electron chi connectivity index (χ3n) is 9.64. The van der Waals surface area contributed by atoms with Crippen LogP contribution in [-0.4, -0.2) is 9.97 Å². The molecule has 0 saturated carbocycles. The van der Waals surface area contributed by atoms with Crippen molar-refractivity contribution in [3.05, 3.63) is 158 Å². The van der Waals surface area contributed by atoms with Crippen LogP contribution in [-0.2, 0) is 0 Å². The largest absolute Gasteiger partial charge is 0.254 e. The maximum absolute atomic E-state index is 5.40. The molecule has 0 aliphatic rings. The van der Waals surface area contributed by atoms with E-state index in [0.29, 0.717) is 0 Å². The van der Waals surface area contributed by atoms with Crippen molar-refractivity contribution in [1.29, 1.82) is 0 Å². The van der Waals surface area contributed by atoms with Gasteiger partial charge in [-0.25, -0.2) is 4.98 Å². The van der Waals surface area contributed by atoms with Gasteiger partial charge in [-0.05, 0) is 77.8 Å². The van der Waals surface area contributed by atoms with E-state index in [0.717, 1.165) is 33.1 Å². The molecule has 10 aromatic rings. The standard InChI is InChI=1S/C44H26N2/c1-3-11-33-27(8-1)15-16-29-17-20-32(26-38(29)33)40-35-13-5-6-14-36(35)42(41-34-12-4-2-9-28(34)21-23-37(40)41)39-24-22-31-19-18-30-10-7-25-45-43(30)44(31)46-39/h1-26H. The van der Waals surface area contributed by atoms with Crippen molar-refractivity contribution in [1.82, 2.24) is 9.97 Å². The van der Waals surface area contributed by atoms with Crippen LogP contribution in [0.25, 0.3) is 98.1 Å². The van der Waals surface area contributed by atoms with Crippen LogP contribution in [0.5, 0.6) is 0 Å². The second-order valence-corrected chi connectivity index (χ2v) is 12.1. The molecule has 212 valence electrons. The molecule has 0 N–H and O–H groups in total. The first-order valence-corrected chi connectivity index (χ1v) is 15.7. The predicted molar refractivity (Wildman–Crippen MR) is 195 cm³/mol. The summed E-state index contributed by atoms with van der Waals surface area (Å²) in [4.78, 5) is 10.2. The lowest BCUT2D eigenvalue weighted by atomic mass is 9.84. The molecule has 0 saturated heterocycles. The predicted octanol–water partition coefficient (Wildman–Crippen LogP) is 11.9. The number of hydrogen-bond acceptors (Lipinski definition) is 2. The van der Waals surface area contributed by atoms with Gasteiger partial charge in [0.25, 0.3) is 0 Å². The molecule has 0 fully saturated rings. The molecule has 46 heavy (non-hydrogen) atoms. The van der Waals surface area contributed by atoms with Gasteiger partial charge in [0.1, 0.15) is 0 Å². The van der Waals surface area contributed by atoms with Gasteiger partial charge in [-0.15, -0.1) is 0 Å². The fourth-order valence-electron chi connectivity index (χ4n) is 7.55. The Labute approximate surface area is 265 Å². The van der Waals surface area contributed by atoms with Crippen LogP contribution < -0.4 is 0 Å². The second-order valence-electron chi connectivity index (χ2n) is 12.1. The van der Waals surface area contributed by atoms with Crippen molar-refractivity contribution in [3.8, 4) is 22.4 Å². The summed E-state index contributed by atoms with van der Waals surface area (Å²) in [6.07, 6.45) is 1.86. The quantitative estimate of drug-likeness (QED) is 0.150. The zero-order valence-corrected chi connectivity index (χ0v) is 24.9. The van der Waals surface area contributed by atoms with Crippen LogP contribution in [0.15, 0.2) is 158 Å². The fraction of sp³-hybridized carbons (Fsp3) is 0. The summed E-state index contributed by atoms with van der Waals surface area (Å²) in [6, 6.07) is 55.0. The zero-order chi connectivity index (χ0) is 30.2. The molecule has 0 amide bonds. The molecule has 8 aromatic carbocycles. The molecule has 2 heteroatoms. The topological polar surface area (TPSA) is 25.8 Å². The molecule has 0 radical (unpaired) electrons. The highest BCUT2D eigenvalue weighted by Gasteiger charge is 2.20. The number of hydrogen-bond donors (Lipinski definition) is 0. The van der Waals surface area contributed by atoms with Gasteiger partial charge in [0.15, 0.2) is 0 Å². The Hall–Kier alpha value is -6.12. The third kappa shape index (κ3) is 3.65. The van der Waals surface area contributed by atoms with E-state index in [4.69, 9.17) is 9.97 Å². The fourth-order valence-corrected chi connectivity index (χ4v) is 7.55. The van der Waals surface area contributed by atoms with E-state index in [9.17, 15) is 0 Å². The summed E-state index contributed by atoms with van der Waals surface area (Å²) >= 11 is 0. The second kappa shape index (κ2) is 9.69. The normalized spacial score (nSPS) is 11.9. The Morgan fingerprint density at radius 3 is 1.74 bits per heavy atom. The van der Waals surface area contributed by atoms with Crippen LogP contribution in [0.3, 0.4) is 0 Å². The molecule has 0 aliphatic heterocycles. The Kier molecular flexibility index (Phi) is 5.31. The number of pyridine rings is 2. The minimum absolute atomic E-state index is 0.929. The van der Waals surface area contributed by atoms with E-state index in [-0.39, 0.29) is 0 Å². The highest BCUT2D eigenvalue weighted by molar-refractivity contribution is 6.28. The van der Waals surface area contributed by atoms with E-state index in [1.54, 1.807) is 0 Å². The van der Waals surface area contributed by atoms with Gasteiger partial charge < -0.3 is 0 Å². The highest BCUT2D eigenvalue weighted by Crippen LogP contribution is 2.46. The molecule has 0 atom stereocenters. The van der Waals surface area contributed by atoms with Crippen LogP contribution >= 0.6 is 0 Å². The lowest BCUT2D eigenvalue weighted by Gasteiger charge is -2.19. The molecule has 0 aliphatic carbocycles. The minimum atomic E-state index is 0.929. The van der Waals surface area contributed by atoms with E-state index in [1.807, 2.05) is 12.3 Å². The maximum Gasteiger partial charge on any atom is 0.0972 e. The average Bonchev–Trinajstić information content (AvgIpc) is 3.13. The average molecular weight is 583 g/mol. The smallest absolute Gasteiger partial charge is 0.0972 e. The number of aromatic nitrogens is 2. The van der Waals surface area contributed by atoms with Gasteiger partial charge in [-0.1, -0.05) is 133 Å². The summed E-state index contributed by atoms with van der Waals surface area (Å²) < 4.78 is 0. The number of nitrogens with zero attached hydrogens (tertiary/aromatic N) is 2. The molecule has 2 heterocycles. The molecule has 2 nitrogen and oxygen atoms in total. The Morgan fingerprint density at radius 2 is 0.913 bits per heavy atom. The van der Waals surface area contributed by atoms with Crippen molar-refractivity contribution in [3.63, 3.8) is 0 Å². The van der Waals surface area contributed by atoms with Gasteiger partial charge in [0.05, 0.1) is 16.7 Å². The molecular weight excluding hydrogens is 556 g/mol.